The maximum absolute atomic E-state index is 12.1. The largest absolute Gasteiger partial charge is 0.382 e. The minimum Gasteiger partial charge on any atom is -0.382 e. The van der Waals surface area contributed by atoms with E-state index in [1.54, 1.807) is 0 Å². The summed E-state index contributed by atoms with van der Waals surface area (Å²) < 4.78 is 0. The summed E-state index contributed by atoms with van der Waals surface area (Å²) >= 11 is 0. The van der Waals surface area contributed by atoms with Crippen molar-refractivity contribution in [2.24, 2.45) is 5.73 Å². The molecule has 0 aliphatic carbocycles. The smallest absolute Gasteiger partial charge is 0.251 e. The molecule has 0 heterocycles. The van der Waals surface area contributed by atoms with Gasteiger partial charge >= 0.3 is 0 Å². The third kappa shape index (κ3) is 3.73. The highest BCUT2D eigenvalue weighted by Gasteiger charge is 2.17. The molecule has 0 radical (unpaired) electrons. The minimum absolute atomic E-state index is 0.336. The van der Waals surface area contributed by atoms with Crippen LogP contribution in [0.15, 0.2) is 36.4 Å². The Balaban J connectivity index is 2.58. The first kappa shape index (κ1) is 17.1. The highest BCUT2D eigenvalue weighted by Crippen LogP contribution is 2.32. The number of carbonyl (C=O) groups is 1. The molecule has 2 aromatic rings. The molecule has 0 unspecified atom stereocenters. The van der Waals surface area contributed by atoms with Crippen molar-refractivity contribution >= 4 is 11.6 Å². The zero-order chi connectivity index (χ0) is 17.0. The Bertz CT molecular complexity index is 703. The molecule has 3 heteroatoms. The van der Waals surface area contributed by atoms with Crippen LogP contribution < -0.4 is 11.1 Å². The lowest BCUT2D eigenvalue weighted by atomic mass is 9.93. The first-order valence-corrected chi connectivity index (χ1v) is 8.24. The Morgan fingerprint density at radius 1 is 1.09 bits per heavy atom. The second-order valence-corrected chi connectivity index (χ2v) is 6.07. The monoisotopic (exact) mass is 310 g/mol. The van der Waals surface area contributed by atoms with E-state index in [0.29, 0.717) is 11.6 Å². The van der Waals surface area contributed by atoms with Crippen LogP contribution in [0.1, 0.15) is 48.2 Å². The van der Waals surface area contributed by atoms with Gasteiger partial charge in [-0.25, -0.2) is 0 Å². The SMILES string of the molecule is CCC(CC)Nc1cccc(-c2ccc(C)cc2C)c1C(N)=O. The van der Waals surface area contributed by atoms with Gasteiger partial charge in [0.15, 0.2) is 0 Å². The van der Waals surface area contributed by atoms with Gasteiger partial charge in [-0.2, -0.15) is 0 Å². The van der Waals surface area contributed by atoms with Crippen LogP contribution in [0.2, 0.25) is 0 Å². The van der Waals surface area contributed by atoms with Crippen molar-refractivity contribution in [3.63, 3.8) is 0 Å². The summed E-state index contributed by atoms with van der Waals surface area (Å²) in [5.41, 5.74) is 11.4. The number of carbonyl (C=O) groups excluding carboxylic acids is 1. The van der Waals surface area contributed by atoms with E-state index in [2.05, 4.69) is 51.2 Å². The normalized spacial score (nSPS) is 10.8. The average molecular weight is 310 g/mol. The lowest BCUT2D eigenvalue weighted by molar-refractivity contribution is 0.100. The fraction of sp³-hybridized carbons (Fsp3) is 0.350. The molecule has 0 fully saturated rings. The van der Waals surface area contributed by atoms with Crippen molar-refractivity contribution in [3.05, 3.63) is 53.1 Å². The molecular formula is C20H26N2O. The summed E-state index contributed by atoms with van der Waals surface area (Å²) in [7, 11) is 0. The van der Waals surface area contributed by atoms with Crippen molar-refractivity contribution in [2.75, 3.05) is 5.32 Å². The van der Waals surface area contributed by atoms with Gasteiger partial charge < -0.3 is 11.1 Å². The highest BCUT2D eigenvalue weighted by atomic mass is 16.1. The second kappa shape index (κ2) is 7.32. The number of hydrogen-bond donors (Lipinski definition) is 2. The van der Waals surface area contributed by atoms with Crippen LogP contribution >= 0.6 is 0 Å². The number of nitrogens with one attached hydrogen (secondary N) is 1. The van der Waals surface area contributed by atoms with Crippen LogP contribution in [0, 0.1) is 13.8 Å². The average Bonchev–Trinajstić information content (AvgIpc) is 2.52. The number of benzene rings is 2. The van der Waals surface area contributed by atoms with Crippen molar-refractivity contribution in [1.82, 2.24) is 0 Å². The second-order valence-electron chi connectivity index (χ2n) is 6.07. The topological polar surface area (TPSA) is 55.1 Å². The Morgan fingerprint density at radius 3 is 2.35 bits per heavy atom. The molecule has 1 amide bonds. The van der Waals surface area contributed by atoms with Crippen molar-refractivity contribution in [2.45, 2.75) is 46.6 Å². The molecule has 23 heavy (non-hydrogen) atoms. The van der Waals surface area contributed by atoms with E-state index in [-0.39, 0.29) is 0 Å². The van der Waals surface area contributed by atoms with Crippen LogP contribution in [0.5, 0.6) is 0 Å². The van der Waals surface area contributed by atoms with Crippen LogP contribution in [0.25, 0.3) is 11.1 Å². The van der Waals surface area contributed by atoms with Crippen molar-refractivity contribution in [1.29, 1.82) is 0 Å². The zero-order valence-electron chi connectivity index (χ0n) is 14.4. The summed E-state index contributed by atoms with van der Waals surface area (Å²) in [4.78, 5) is 12.1. The number of primary amides is 1. The maximum Gasteiger partial charge on any atom is 0.251 e. The quantitative estimate of drug-likeness (QED) is 0.814. The van der Waals surface area contributed by atoms with E-state index >= 15 is 0 Å². The first-order valence-electron chi connectivity index (χ1n) is 8.24. The Labute approximate surface area is 138 Å². The van der Waals surface area contributed by atoms with Gasteiger partial charge in [0.05, 0.1) is 5.56 Å². The van der Waals surface area contributed by atoms with Crippen LogP contribution in [-0.2, 0) is 0 Å². The highest BCUT2D eigenvalue weighted by molar-refractivity contribution is 6.05. The molecule has 0 atom stereocenters. The summed E-state index contributed by atoms with van der Waals surface area (Å²) in [6.07, 6.45) is 2.00. The number of hydrogen-bond acceptors (Lipinski definition) is 2. The van der Waals surface area contributed by atoms with Gasteiger partial charge in [-0.15, -0.1) is 0 Å². The van der Waals surface area contributed by atoms with E-state index in [1.807, 2.05) is 18.2 Å². The standard InChI is InChI=1S/C20H26N2O/c1-5-15(6-2)22-18-9-7-8-17(19(18)20(21)23)16-11-10-13(3)12-14(16)4/h7-12,15,22H,5-6H2,1-4H3,(H2,21,23). The molecule has 2 aromatic carbocycles. The summed E-state index contributed by atoms with van der Waals surface area (Å²) in [6, 6.07) is 12.5. The summed E-state index contributed by atoms with van der Waals surface area (Å²) in [6.45, 7) is 8.41. The number of amides is 1. The number of rotatable bonds is 6. The van der Waals surface area contributed by atoms with Gasteiger partial charge in [-0.3, -0.25) is 4.79 Å². The van der Waals surface area contributed by atoms with Crippen LogP contribution in [0.4, 0.5) is 5.69 Å². The molecule has 0 spiro atoms. The lowest BCUT2D eigenvalue weighted by Crippen LogP contribution is -2.22. The van der Waals surface area contributed by atoms with Crippen LogP contribution in [-0.4, -0.2) is 11.9 Å². The van der Waals surface area contributed by atoms with Crippen molar-refractivity contribution in [3.8, 4) is 11.1 Å². The van der Waals surface area contributed by atoms with Gasteiger partial charge in [-0.05, 0) is 49.4 Å². The number of aryl methyl sites for hydroxylation is 2. The molecule has 0 saturated carbocycles. The molecule has 0 aromatic heterocycles. The minimum atomic E-state index is -0.394. The van der Waals surface area contributed by atoms with Crippen LogP contribution in [0.3, 0.4) is 0 Å². The molecule has 3 N–H and O–H groups in total. The first-order chi connectivity index (χ1) is 11.0. The van der Waals surface area contributed by atoms with Gasteiger partial charge in [0.1, 0.15) is 0 Å². The molecule has 2 rings (SSSR count). The Kier molecular flexibility index (Phi) is 5.43. The third-order valence-corrected chi connectivity index (χ3v) is 4.33. The van der Waals surface area contributed by atoms with Gasteiger partial charge in [-0.1, -0.05) is 49.7 Å². The number of anilines is 1. The molecule has 0 aliphatic rings. The van der Waals surface area contributed by atoms with E-state index in [0.717, 1.165) is 35.2 Å². The fourth-order valence-corrected chi connectivity index (χ4v) is 2.99. The zero-order valence-corrected chi connectivity index (χ0v) is 14.4. The molecule has 0 saturated heterocycles. The summed E-state index contributed by atoms with van der Waals surface area (Å²) in [5, 5.41) is 3.47. The predicted molar refractivity (Wildman–Crippen MR) is 97.9 cm³/mol. The van der Waals surface area contributed by atoms with E-state index in [9.17, 15) is 4.79 Å². The van der Waals surface area contributed by atoms with Gasteiger partial charge in [0.2, 0.25) is 0 Å². The third-order valence-electron chi connectivity index (χ3n) is 4.33. The number of nitrogens with two attached hydrogens (primary N) is 1. The van der Waals surface area contributed by atoms with Gasteiger partial charge in [0.25, 0.3) is 5.91 Å². The molecule has 3 nitrogen and oxygen atoms in total. The molecular weight excluding hydrogens is 284 g/mol. The lowest BCUT2D eigenvalue weighted by Gasteiger charge is -2.20. The summed E-state index contributed by atoms with van der Waals surface area (Å²) in [5.74, 6) is -0.394. The van der Waals surface area contributed by atoms with E-state index < -0.39 is 5.91 Å². The molecule has 0 bridgehead atoms. The molecule has 122 valence electrons. The predicted octanol–water partition coefficient (Wildman–Crippen LogP) is 4.67. The Morgan fingerprint density at radius 2 is 1.78 bits per heavy atom. The van der Waals surface area contributed by atoms with E-state index in [1.165, 1.54) is 5.56 Å². The van der Waals surface area contributed by atoms with Crippen molar-refractivity contribution < 1.29 is 4.79 Å². The molecule has 0 aliphatic heterocycles. The maximum atomic E-state index is 12.1. The van der Waals surface area contributed by atoms with Gasteiger partial charge in [0, 0.05) is 11.7 Å². The van der Waals surface area contributed by atoms with E-state index in [4.69, 9.17) is 5.73 Å². The fourth-order valence-electron chi connectivity index (χ4n) is 2.99. The Hall–Kier alpha value is -2.29.